The van der Waals surface area contributed by atoms with E-state index >= 15 is 0 Å². The number of carbonyl (C=O) groups excluding carboxylic acids is 3. The van der Waals surface area contributed by atoms with E-state index in [0.29, 0.717) is 29.1 Å². The molecule has 8 nitrogen and oxygen atoms in total. The molecule has 37 heavy (non-hydrogen) atoms. The summed E-state index contributed by atoms with van der Waals surface area (Å²) in [5.41, 5.74) is 3.07. The van der Waals surface area contributed by atoms with Crippen molar-refractivity contribution in [3.8, 4) is 11.3 Å². The molecule has 1 aliphatic carbocycles. The number of anilines is 1. The van der Waals surface area contributed by atoms with Gasteiger partial charge in [-0.15, -0.1) is 0 Å². The monoisotopic (exact) mass is 499 g/mol. The fourth-order valence-corrected chi connectivity index (χ4v) is 5.39. The van der Waals surface area contributed by atoms with E-state index in [1.165, 1.54) is 6.26 Å². The van der Waals surface area contributed by atoms with Gasteiger partial charge in [-0.3, -0.25) is 19.3 Å². The van der Waals surface area contributed by atoms with Crippen molar-refractivity contribution >= 4 is 29.0 Å². The van der Waals surface area contributed by atoms with Crippen LogP contribution < -0.4 is 10.2 Å². The summed E-state index contributed by atoms with van der Waals surface area (Å²) in [5.74, 6) is -1.72. The highest BCUT2D eigenvalue weighted by Crippen LogP contribution is 2.41. The summed E-state index contributed by atoms with van der Waals surface area (Å²) in [6.07, 6.45) is 6.37. The number of aliphatic hydroxyl groups excluding tert-OH is 1. The average molecular weight is 500 g/mol. The van der Waals surface area contributed by atoms with Crippen LogP contribution in [-0.2, 0) is 9.59 Å². The van der Waals surface area contributed by atoms with Crippen molar-refractivity contribution in [2.24, 2.45) is 5.92 Å². The van der Waals surface area contributed by atoms with Crippen LogP contribution in [0.25, 0.3) is 17.0 Å². The summed E-state index contributed by atoms with van der Waals surface area (Å²) in [5, 5.41) is 18.0. The first-order valence-electron chi connectivity index (χ1n) is 12.7. The molecule has 0 spiro atoms. The quantitative estimate of drug-likeness (QED) is 0.283. The van der Waals surface area contributed by atoms with E-state index in [9.17, 15) is 19.5 Å². The van der Waals surface area contributed by atoms with Crippen LogP contribution in [-0.4, -0.2) is 40.4 Å². The molecule has 1 unspecified atom stereocenters. The number of nitrogens with zero attached hydrogens (tertiary/aromatic N) is 2. The SMILES string of the molecule is CCNC(=O)c1ccc(C(O)=C2C(=O)C(=O)N(c3ccc(-c4ccon4)cc3)C2C2CCCCC2)cc1. The van der Waals surface area contributed by atoms with E-state index in [1.54, 1.807) is 47.4 Å². The second-order valence-corrected chi connectivity index (χ2v) is 9.48. The topological polar surface area (TPSA) is 113 Å². The molecule has 0 radical (unpaired) electrons. The van der Waals surface area contributed by atoms with Crippen LogP contribution in [0.3, 0.4) is 0 Å². The summed E-state index contributed by atoms with van der Waals surface area (Å²) in [7, 11) is 0. The van der Waals surface area contributed by atoms with Gasteiger partial charge in [0.2, 0.25) is 0 Å². The number of aromatic nitrogens is 1. The first-order chi connectivity index (χ1) is 18.0. The second kappa shape index (κ2) is 10.4. The van der Waals surface area contributed by atoms with Crippen molar-refractivity contribution in [2.75, 3.05) is 11.4 Å². The zero-order chi connectivity index (χ0) is 25.9. The predicted octanol–water partition coefficient (Wildman–Crippen LogP) is 4.93. The lowest BCUT2D eigenvalue weighted by molar-refractivity contribution is -0.132. The van der Waals surface area contributed by atoms with Gasteiger partial charge in [-0.25, -0.2) is 0 Å². The standard InChI is InChI=1S/C29H29N3O5/c1-2-30-28(35)21-10-8-20(9-11-21)26(33)24-25(19-6-4-3-5-7-19)32(29(36)27(24)34)22-14-12-18(13-15-22)23-16-17-37-31-23/h8-17,19,25,33H,2-7H2,1H3,(H,30,35). The maximum atomic E-state index is 13.4. The Kier molecular flexibility index (Phi) is 6.90. The predicted molar refractivity (Wildman–Crippen MR) is 139 cm³/mol. The molecule has 1 aliphatic heterocycles. The van der Waals surface area contributed by atoms with Gasteiger partial charge < -0.3 is 14.9 Å². The lowest BCUT2D eigenvalue weighted by Crippen LogP contribution is -2.40. The fraction of sp³-hybridized carbons (Fsp3) is 0.310. The minimum absolute atomic E-state index is 0.0473. The van der Waals surface area contributed by atoms with Gasteiger partial charge in [-0.1, -0.05) is 48.7 Å². The Bertz CT molecular complexity index is 1320. The maximum Gasteiger partial charge on any atom is 0.299 e. The molecule has 8 heteroatoms. The second-order valence-electron chi connectivity index (χ2n) is 9.48. The highest BCUT2D eigenvalue weighted by atomic mass is 16.5. The fourth-order valence-electron chi connectivity index (χ4n) is 5.39. The van der Waals surface area contributed by atoms with E-state index in [0.717, 1.165) is 37.7 Å². The Morgan fingerprint density at radius 1 is 1.00 bits per heavy atom. The molecule has 2 N–H and O–H groups in total. The smallest absolute Gasteiger partial charge is 0.299 e. The van der Waals surface area contributed by atoms with Crippen molar-refractivity contribution in [1.29, 1.82) is 0 Å². The minimum Gasteiger partial charge on any atom is -0.507 e. The molecule has 1 atom stereocenters. The molecule has 2 fully saturated rings. The van der Waals surface area contributed by atoms with E-state index < -0.39 is 17.7 Å². The van der Waals surface area contributed by atoms with Gasteiger partial charge in [0.05, 0.1) is 11.6 Å². The largest absolute Gasteiger partial charge is 0.507 e. The van der Waals surface area contributed by atoms with E-state index in [4.69, 9.17) is 4.52 Å². The summed E-state index contributed by atoms with van der Waals surface area (Å²) in [6, 6.07) is 14.9. The van der Waals surface area contributed by atoms with Crippen molar-refractivity contribution in [3.63, 3.8) is 0 Å². The van der Waals surface area contributed by atoms with Crippen molar-refractivity contribution in [2.45, 2.75) is 45.1 Å². The Morgan fingerprint density at radius 3 is 2.30 bits per heavy atom. The lowest BCUT2D eigenvalue weighted by Gasteiger charge is -2.34. The number of hydrogen-bond donors (Lipinski definition) is 2. The highest BCUT2D eigenvalue weighted by molar-refractivity contribution is 6.51. The number of rotatable bonds is 6. The van der Waals surface area contributed by atoms with Crippen LogP contribution in [0.5, 0.6) is 0 Å². The third kappa shape index (κ3) is 4.67. The number of benzene rings is 2. The number of ketones is 1. The number of carbonyl (C=O) groups is 3. The van der Waals surface area contributed by atoms with Crippen molar-refractivity contribution in [1.82, 2.24) is 10.5 Å². The Morgan fingerprint density at radius 2 is 1.68 bits per heavy atom. The van der Waals surface area contributed by atoms with Gasteiger partial charge >= 0.3 is 0 Å². The summed E-state index contributed by atoms with van der Waals surface area (Å²) < 4.78 is 4.93. The molecule has 0 bridgehead atoms. The number of Topliss-reactive ketones (excluding diaryl/α,β-unsaturated/α-hetero) is 1. The molecule has 1 saturated carbocycles. The highest BCUT2D eigenvalue weighted by Gasteiger charge is 2.49. The van der Waals surface area contributed by atoms with Crippen LogP contribution in [0.2, 0.25) is 0 Å². The zero-order valence-corrected chi connectivity index (χ0v) is 20.6. The molecule has 5 rings (SSSR count). The summed E-state index contributed by atoms with van der Waals surface area (Å²) in [6.45, 7) is 2.34. The first-order valence-corrected chi connectivity index (χ1v) is 12.7. The molecule has 2 amide bonds. The number of nitrogens with one attached hydrogen (secondary N) is 1. The molecule has 3 aromatic rings. The number of amides is 2. The van der Waals surface area contributed by atoms with Crippen LogP contribution in [0.15, 0.2) is 71.0 Å². The minimum atomic E-state index is -0.693. The Labute approximate surface area is 215 Å². The van der Waals surface area contributed by atoms with Crippen molar-refractivity contribution in [3.05, 3.63) is 77.6 Å². The van der Waals surface area contributed by atoms with Gasteiger partial charge in [0.25, 0.3) is 17.6 Å². The third-order valence-corrected chi connectivity index (χ3v) is 7.22. The molecule has 2 aliphatic rings. The van der Waals surface area contributed by atoms with Crippen LogP contribution in [0.4, 0.5) is 5.69 Å². The summed E-state index contributed by atoms with van der Waals surface area (Å²) >= 11 is 0. The molecule has 2 heterocycles. The number of aliphatic hydroxyl groups is 1. The molecule has 1 saturated heterocycles. The third-order valence-electron chi connectivity index (χ3n) is 7.22. The molecular weight excluding hydrogens is 470 g/mol. The van der Waals surface area contributed by atoms with E-state index in [1.807, 2.05) is 19.1 Å². The van der Waals surface area contributed by atoms with Gasteiger partial charge in [0, 0.05) is 35.0 Å². The molecular formula is C29H29N3O5. The van der Waals surface area contributed by atoms with Gasteiger partial charge in [-0.05, 0) is 49.9 Å². The summed E-state index contributed by atoms with van der Waals surface area (Å²) in [4.78, 5) is 40.4. The lowest BCUT2D eigenvalue weighted by atomic mass is 9.80. The van der Waals surface area contributed by atoms with Crippen LogP contribution in [0.1, 0.15) is 54.9 Å². The Balaban J connectivity index is 1.54. The molecule has 1 aromatic heterocycles. The maximum absolute atomic E-state index is 13.4. The van der Waals surface area contributed by atoms with E-state index in [-0.39, 0.29) is 23.2 Å². The van der Waals surface area contributed by atoms with Crippen molar-refractivity contribution < 1.29 is 24.0 Å². The normalized spacial score (nSPS) is 19.8. The average Bonchev–Trinajstić information content (AvgIpc) is 3.56. The van der Waals surface area contributed by atoms with Gasteiger partial charge in [0.15, 0.2) is 0 Å². The van der Waals surface area contributed by atoms with Crippen LogP contribution >= 0.6 is 0 Å². The first kappa shape index (κ1) is 24.5. The van der Waals surface area contributed by atoms with Crippen LogP contribution in [0, 0.1) is 5.92 Å². The zero-order valence-electron chi connectivity index (χ0n) is 20.6. The Hall–Kier alpha value is -4.20. The molecule has 2 aromatic carbocycles. The number of hydrogen-bond acceptors (Lipinski definition) is 6. The van der Waals surface area contributed by atoms with Gasteiger partial charge in [0.1, 0.15) is 17.7 Å². The van der Waals surface area contributed by atoms with Gasteiger partial charge in [-0.2, -0.15) is 0 Å². The van der Waals surface area contributed by atoms with E-state index in [2.05, 4.69) is 10.5 Å². The molecule has 190 valence electrons.